The van der Waals surface area contributed by atoms with Gasteiger partial charge in [0, 0.05) is 6.42 Å². The molecule has 0 aromatic heterocycles. The van der Waals surface area contributed by atoms with Crippen LogP contribution in [0.4, 0.5) is 18.9 Å². The van der Waals surface area contributed by atoms with Crippen LogP contribution in [0.25, 0.3) is 0 Å². The maximum absolute atomic E-state index is 10.7. The Kier molecular flexibility index (Phi) is 6.44. The SMILES string of the molecule is Cc1cccc(C)c1NC1=[NH+]C(C)(C)Cc2ccccc21.O=S(=O)([O-])C(F)(F)F. The third-order valence-corrected chi connectivity index (χ3v) is 4.96. The summed E-state index contributed by atoms with van der Waals surface area (Å²) in [6.07, 6.45) is 1.04. The van der Waals surface area contributed by atoms with Gasteiger partial charge >= 0.3 is 5.51 Å². The van der Waals surface area contributed by atoms with Gasteiger partial charge in [0.2, 0.25) is 0 Å². The Morgan fingerprint density at radius 1 is 1.03 bits per heavy atom. The number of benzene rings is 2. The van der Waals surface area contributed by atoms with Crippen LogP contribution in [0.5, 0.6) is 0 Å². The van der Waals surface area contributed by atoms with Gasteiger partial charge in [-0.15, -0.1) is 0 Å². The first kappa shape index (κ1) is 22.9. The molecule has 1 heterocycles. The average molecular weight is 428 g/mol. The van der Waals surface area contributed by atoms with Crippen molar-refractivity contribution < 1.29 is 31.1 Å². The Hall–Kier alpha value is -2.39. The summed E-state index contributed by atoms with van der Waals surface area (Å²) in [4.78, 5) is 3.66. The van der Waals surface area contributed by atoms with Crippen LogP contribution < -0.4 is 10.3 Å². The molecular weight excluding hydrogens is 405 g/mol. The second-order valence-electron chi connectivity index (χ2n) is 7.51. The number of alkyl halides is 3. The van der Waals surface area contributed by atoms with Crippen LogP contribution in [0.3, 0.4) is 0 Å². The molecule has 1 aliphatic rings. The van der Waals surface area contributed by atoms with Gasteiger partial charge in [-0.05, 0) is 50.5 Å². The van der Waals surface area contributed by atoms with Crippen LogP contribution in [0.1, 0.15) is 36.1 Å². The van der Waals surface area contributed by atoms with Crippen molar-refractivity contribution in [3.63, 3.8) is 0 Å². The lowest BCUT2D eigenvalue weighted by Crippen LogP contribution is -2.89. The molecule has 0 saturated carbocycles. The lowest BCUT2D eigenvalue weighted by molar-refractivity contribution is -0.545. The van der Waals surface area contributed by atoms with E-state index < -0.39 is 15.6 Å². The standard InChI is InChI=1S/C19H22N2.CHF3O3S/c1-13-8-7-9-14(2)17(13)20-18-16-11-6-5-10-15(16)12-19(3,4)21-18;2-1(3,4)8(5,6)7/h5-11H,12H2,1-4H3,(H,20,21);(H,5,6,7). The molecule has 3 rings (SSSR count). The molecule has 5 nitrogen and oxygen atoms in total. The Balaban J connectivity index is 0.000000321. The third-order valence-electron chi connectivity index (χ3n) is 4.40. The highest BCUT2D eigenvalue weighted by Crippen LogP contribution is 2.23. The van der Waals surface area contributed by atoms with Gasteiger partial charge in [0.05, 0.1) is 5.56 Å². The van der Waals surface area contributed by atoms with Gasteiger partial charge in [-0.3, -0.25) is 4.99 Å². The third kappa shape index (κ3) is 5.80. The molecule has 9 heteroatoms. The predicted molar refractivity (Wildman–Crippen MR) is 105 cm³/mol. The fraction of sp³-hybridized carbons (Fsp3) is 0.350. The predicted octanol–water partition coefficient (Wildman–Crippen LogP) is 2.63. The van der Waals surface area contributed by atoms with E-state index in [4.69, 9.17) is 13.0 Å². The Labute approximate surface area is 168 Å². The van der Waals surface area contributed by atoms with Crippen LogP contribution in [-0.2, 0) is 16.5 Å². The summed E-state index contributed by atoms with van der Waals surface area (Å²) in [6.45, 7) is 8.79. The van der Waals surface area contributed by atoms with Gasteiger partial charge in [0.15, 0.2) is 10.1 Å². The van der Waals surface area contributed by atoms with Crippen molar-refractivity contribution in [1.29, 1.82) is 0 Å². The summed E-state index contributed by atoms with van der Waals surface area (Å²) in [6, 6.07) is 15.0. The normalized spacial score (nSPS) is 15.5. The van der Waals surface area contributed by atoms with E-state index in [1.807, 2.05) is 0 Å². The maximum atomic E-state index is 10.7. The summed E-state index contributed by atoms with van der Waals surface area (Å²) in [7, 11) is -6.09. The van der Waals surface area contributed by atoms with Crippen molar-refractivity contribution in [3.8, 4) is 0 Å². The first-order valence-corrected chi connectivity index (χ1v) is 10.2. The van der Waals surface area contributed by atoms with Gasteiger partial charge in [-0.25, -0.2) is 13.7 Å². The van der Waals surface area contributed by atoms with Gasteiger partial charge in [-0.1, -0.05) is 36.4 Å². The Morgan fingerprint density at radius 3 is 2.07 bits per heavy atom. The van der Waals surface area contributed by atoms with Crippen molar-refractivity contribution >= 4 is 21.6 Å². The number of amidine groups is 1. The zero-order valence-corrected chi connectivity index (χ0v) is 17.3. The number of nitrogens with one attached hydrogen (secondary N) is 2. The quantitative estimate of drug-likeness (QED) is 0.540. The molecule has 2 N–H and O–H groups in total. The number of rotatable bonds is 1. The summed E-state index contributed by atoms with van der Waals surface area (Å²) >= 11 is 0. The Bertz CT molecular complexity index is 1010. The van der Waals surface area contributed by atoms with Crippen LogP contribution in [-0.4, -0.2) is 29.9 Å². The van der Waals surface area contributed by atoms with Gasteiger partial charge < -0.3 is 4.55 Å². The molecule has 0 atom stereocenters. The molecule has 0 fully saturated rings. The zero-order chi connectivity index (χ0) is 22.0. The average Bonchev–Trinajstić information content (AvgIpc) is 2.56. The van der Waals surface area contributed by atoms with E-state index >= 15 is 0 Å². The first-order valence-electron chi connectivity index (χ1n) is 8.80. The topological polar surface area (TPSA) is 83.2 Å². The van der Waals surface area contributed by atoms with Crippen molar-refractivity contribution in [1.82, 2.24) is 0 Å². The van der Waals surface area contributed by atoms with E-state index in [1.165, 1.54) is 27.9 Å². The molecule has 2 aromatic carbocycles. The minimum absolute atomic E-state index is 0.0628. The van der Waals surface area contributed by atoms with E-state index in [9.17, 15) is 13.2 Å². The van der Waals surface area contributed by atoms with E-state index in [0.29, 0.717) is 0 Å². The second kappa shape index (κ2) is 8.16. The summed E-state index contributed by atoms with van der Waals surface area (Å²) in [5.74, 6) is 1.11. The van der Waals surface area contributed by atoms with Crippen molar-refractivity contribution in [2.45, 2.75) is 45.2 Å². The molecule has 158 valence electrons. The fourth-order valence-corrected chi connectivity index (χ4v) is 3.08. The van der Waals surface area contributed by atoms with Crippen LogP contribution in [0.15, 0.2) is 42.5 Å². The highest BCUT2D eigenvalue weighted by molar-refractivity contribution is 7.86. The zero-order valence-electron chi connectivity index (χ0n) is 16.5. The monoisotopic (exact) mass is 428 g/mol. The number of hydrogen-bond acceptors (Lipinski definition) is 4. The summed E-state index contributed by atoms with van der Waals surface area (Å²) in [5.41, 5.74) is 0.831. The second-order valence-corrected chi connectivity index (χ2v) is 8.88. The number of anilines is 1. The summed E-state index contributed by atoms with van der Waals surface area (Å²) < 4.78 is 58.9. The van der Waals surface area contributed by atoms with E-state index in [2.05, 4.69) is 80.5 Å². The molecule has 0 unspecified atom stereocenters. The summed E-state index contributed by atoms with van der Waals surface area (Å²) in [5, 5.41) is 3.63. The number of para-hydroxylation sites is 1. The number of aryl methyl sites for hydroxylation is 2. The molecule has 1 aliphatic heterocycles. The number of halogens is 3. The molecular formula is C20H23F3N2O3S. The lowest BCUT2D eigenvalue weighted by atomic mass is 9.88. The molecule has 0 bridgehead atoms. The molecule has 29 heavy (non-hydrogen) atoms. The lowest BCUT2D eigenvalue weighted by Gasteiger charge is -2.25. The van der Waals surface area contributed by atoms with Gasteiger partial charge in [-0.2, -0.15) is 13.2 Å². The Morgan fingerprint density at radius 2 is 1.55 bits per heavy atom. The van der Waals surface area contributed by atoms with E-state index in [-0.39, 0.29) is 5.54 Å². The maximum Gasteiger partial charge on any atom is 0.485 e. The highest BCUT2D eigenvalue weighted by Gasteiger charge is 2.37. The highest BCUT2D eigenvalue weighted by atomic mass is 32.2. The fourth-order valence-electron chi connectivity index (χ4n) is 3.08. The minimum Gasteiger partial charge on any atom is -0.741 e. The van der Waals surface area contributed by atoms with Crippen molar-refractivity contribution in [2.75, 3.05) is 5.32 Å². The number of hydrogen-bond donors (Lipinski definition) is 2. The smallest absolute Gasteiger partial charge is 0.485 e. The van der Waals surface area contributed by atoms with Crippen LogP contribution in [0, 0.1) is 13.8 Å². The first-order chi connectivity index (χ1) is 13.2. The molecule has 0 amide bonds. The largest absolute Gasteiger partial charge is 0.741 e. The minimum atomic E-state index is -6.09. The van der Waals surface area contributed by atoms with Crippen molar-refractivity contribution in [3.05, 3.63) is 64.7 Å². The molecule has 0 aliphatic carbocycles. The number of fused-ring (bicyclic) bond motifs is 1. The van der Waals surface area contributed by atoms with E-state index in [0.717, 1.165) is 12.3 Å². The molecule has 0 radical (unpaired) electrons. The van der Waals surface area contributed by atoms with Crippen LogP contribution >= 0.6 is 0 Å². The van der Waals surface area contributed by atoms with Gasteiger partial charge in [0.1, 0.15) is 11.2 Å². The molecule has 0 spiro atoms. The van der Waals surface area contributed by atoms with Gasteiger partial charge in [0.25, 0.3) is 5.84 Å². The van der Waals surface area contributed by atoms with Crippen LogP contribution in [0.2, 0.25) is 0 Å². The van der Waals surface area contributed by atoms with E-state index in [1.54, 1.807) is 0 Å². The molecule has 0 saturated heterocycles. The van der Waals surface area contributed by atoms with Crippen molar-refractivity contribution in [2.24, 2.45) is 0 Å². The molecule has 2 aromatic rings.